The summed E-state index contributed by atoms with van der Waals surface area (Å²) < 4.78 is 12.7. The van der Waals surface area contributed by atoms with Gasteiger partial charge < -0.3 is 14.5 Å². The van der Waals surface area contributed by atoms with E-state index in [1.807, 2.05) is 24.5 Å². The number of ether oxygens (including phenoxy) is 2. The third-order valence-corrected chi connectivity index (χ3v) is 5.22. The van der Waals surface area contributed by atoms with Crippen LogP contribution in [0.5, 0.6) is 0 Å². The van der Waals surface area contributed by atoms with Crippen molar-refractivity contribution >= 4 is 22.2 Å². The number of imidazole rings is 1. The maximum atomic E-state index is 12.5. The Labute approximate surface area is 154 Å². The summed E-state index contributed by atoms with van der Waals surface area (Å²) in [5.74, 6) is 0.133. The van der Waals surface area contributed by atoms with E-state index in [2.05, 4.69) is 26.0 Å². The summed E-state index contributed by atoms with van der Waals surface area (Å²) in [5, 5.41) is 1.03. The fourth-order valence-corrected chi connectivity index (χ4v) is 3.71. The fraction of sp³-hybridized carbons (Fsp3) is 0.316. The van der Waals surface area contributed by atoms with Crippen molar-refractivity contribution in [2.45, 2.75) is 12.6 Å². The average Bonchev–Trinajstić information content (AvgIpc) is 3.40. The molecule has 1 aliphatic heterocycles. The van der Waals surface area contributed by atoms with Crippen LogP contribution in [0, 0.1) is 5.92 Å². The van der Waals surface area contributed by atoms with Crippen molar-refractivity contribution in [3.05, 3.63) is 47.3 Å². The Morgan fingerprint density at radius 1 is 1.22 bits per heavy atom. The molecule has 0 amide bonds. The van der Waals surface area contributed by atoms with Crippen molar-refractivity contribution in [2.75, 3.05) is 20.3 Å². The molecule has 0 saturated carbocycles. The number of hydrogen-bond acceptors (Lipinski definition) is 5. The number of hydrogen-bond donors (Lipinski definition) is 2. The molecular formula is C19H19N5O3. The Morgan fingerprint density at radius 2 is 2.04 bits per heavy atom. The molecule has 1 aliphatic rings. The molecule has 1 saturated heterocycles. The monoisotopic (exact) mass is 365 g/mol. The molecule has 0 spiro atoms. The quantitative estimate of drug-likeness (QED) is 0.576. The maximum absolute atomic E-state index is 12.5. The molecule has 2 N–H and O–H groups in total. The Kier molecular flexibility index (Phi) is 3.80. The smallest absolute Gasteiger partial charge is 0.327 e. The molecule has 138 valence electrons. The molecule has 1 fully saturated rings. The second-order valence-electron chi connectivity index (χ2n) is 6.84. The highest BCUT2D eigenvalue weighted by molar-refractivity contribution is 5.84. The van der Waals surface area contributed by atoms with Gasteiger partial charge in [0.15, 0.2) is 5.65 Å². The van der Waals surface area contributed by atoms with Crippen LogP contribution in [0.1, 0.15) is 0 Å². The van der Waals surface area contributed by atoms with Crippen molar-refractivity contribution in [1.29, 1.82) is 0 Å². The Balaban J connectivity index is 1.57. The zero-order valence-electron chi connectivity index (χ0n) is 14.8. The van der Waals surface area contributed by atoms with Crippen molar-refractivity contribution in [2.24, 2.45) is 5.92 Å². The highest BCUT2D eigenvalue weighted by atomic mass is 16.5. The van der Waals surface area contributed by atoms with Crippen LogP contribution in [0.25, 0.3) is 33.3 Å². The molecule has 5 heterocycles. The molecule has 0 radical (unpaired) electrons. The van der Waals surface area contributed by atoms with Gasteiger partial charge in [-0.25, -0.2) is 14.8 Å². The minimum absolute atomic E-state index is 0.00168. The van der Waals surface area contributed by atoms with Gasteiger partial charge >= 0.3 is 5.69 Å². The van der Waals surface area contributed by atoms with Gasteiger partial charge in [0, 0.05) is 54.7 Å². The van der Waals surface area contributed by atoms with E-state index >= 15 is 0 Å². The number of aromatic amines is 2. The van der Waals surface area contributed by atoms with E-state index in [1.54, 1.807) is 17.9 Å². The number of methoxy groups -OCH3 is 1. The molecule has 4 aromatic heterocycles. The third kappa shape index (κ3) is 2.73. The Hall–Kier alpha value is -2.97. The van der Waals surface area contributed by atoms with Crippen LogP contribution in [0.15, 0.2) is 41.6 Å². The highest BCUT2D eigenvalue weighted by Gasteiger charge is 2.29. The van der Waals surface area contributed by atoms with Crippen LogP contribution < -0.4 is 5.69 Å². The van der Waals surface area contributed by atoms with E-state index < -0.39 is 0 Å². The number of nitrogens with zero attached hydrogens (tertiary/aromatic N) is 3. The average molecular weight is 365 g/mol. The summed E-state index contributed by atoms with van der Waals surface area (Å²) in [6.45, 7) is 1.67. The number of fused-ring (bicyclic) bond motifs is 2. The highest BCUT2D eigenvalue weighted by Crippen LogP contribution is 2.25. The largest absolute Gasteiger partial charge is 0.379 e. The van der Waals surface area contributed by atoms with Gasteiger partial charge in [0.25, 0.3) is 0 Å². The SMILES string of the molecule is COC1COCC1Cn1c(=O)[nH]c2ncc(-c3cnc4[nH]ccc4c3)cc21. The lowest BCUT2D eigenvalue weighted by Crippen LogP contribution is -2.29. The van der Waals surface area contributed by atoms with E-state index in [0.29, 0.717) is 25.4 Å². The molecule has 4 aromatic rings. The van der Waals surface area contributed by atoms with Crippen LogP contribution in [0.3, 0.4) is 0 Å². The summed E-state index contributed by atoms with van der Waals surface area (Å²) >= 11 is 0. The lowest BCUT2D eigenvalue weighted by molar-refractivity contribution is 0.0632. The Morgan fingerprint density at radius 3 is 2.89 bits per heavy atom. The van der Waals surface area contributed by atoms with Crippen molar-refractivity contribution in [3.8, 4) is 11.1 Å². The van der Waals surface area contributed by atoms with Gasteiger partial charge in [-0.1, -0.05) is 0 Å². The summed E-state index contributed by atoms with van der Waals surface area (Å²) in [6, 6.07) is 6.02. The molecule has 0 aliphatic carbocycles. The molecule has 0 aromatic carbocycles. The van der Waals surface area contributed by atoms with Gasteiger partial charge in [-0.3, -0.25) is 9.55 Å². The first-order chi connectivity index (χ1) is 13.2. The number of nitrogens with one attached hydrogen (secondary N) is 2. The van der Waals surface area contributed by atoms with E-state index in [9.17, 15) is 4.79 Å². The van der Waals surface area contributed by atoms with Crippen molar-refractivity contribution < 1.29 is 9.47 Å². The van der Waals surface area contributed by atoms with Gasteiger partial charge in [-0.05, 0) is 18.2 Å². The van der Waals surface area contributed by atoms with Crippen LogP contribution in [0.4, 0.5) is 0 Å². The van der Waals surface area contributed by atoms with Gasteiger partial charge in [-0.15, -0.1) is 0 Å². The summed E-state index contributed by atoms with van der Waals surface area (Å²) in [6.07, 6.45) is 5.43. The predicted molar refractivity (Wildman–Crippen MR) is 101 cm³/mol. The molecule has 0 bridgehead atoms. The maximum Gasteiger partial charge on any atom is 0.327 e. The summed E-state index contributed by atoms with van der Waals surface area (Å²) in [5.41, 5.74) is 3.89. The second-order valence-corrected chi connectivity index (χ2v) is 6.84. The zero-order valence-corrected chi connectivity index (χ0v) is 14.8. The van der Waals surface area contributed by atoms with E-state index in [0.717, 1.165) is 27.7 Å². The summed E-state index contributed by atoms with van der Waals surface area (Å²) in [4.78, 5) is 27.3. The molecule has 8 heteroatoms. The molecule has 5 rings (SSSR count). The van der Waals surface area contributed by atoms with Crippen molar-refractivity contribution in [3.63, 3.8) is 0 Å². The molecule has 2 unspecified atom stereocenters. The normalized spacial score (nSPS) is 20.0. The van der Waals surface area contributed by atoms with Gasteiger partial charge in [0.2, 0.25) is 0 Å². The first-order valence-corrected chi connectivity index (χ1v) is 8.85. The number of aromatic nitrogens is 5. The second kappa shape index (κ2) is 6.33. The van der Waals surface area contributed by atoms with Crippen LogP contribution in [-0.2, 0) is 16.0 Å². The minimum Gasteiger partial charge on any atom is -0.379 e. The van der Waals surface area contributed by atoms with Crippen LogP contribution in [0.2, 0.25) is 0 Å². The van der Waals surface area contributed by atoms with E-state index in [1.165, 1.54) is 0 Å². The van der Waals surface area contributed by atoms with E-state index in [-0.39, 0.29) is 17.7 Å². The number of H-pyrrole nitrogens is 2. The topological polar surface area (TPSA) is 97.8 Å². The van der Waals surface area contributed by atoms with Crippen LogP contribution in [-0.4, -0.2) is 50.9 Å². The van der Waals surface area contributed by atoms with Gasteiger partial charge in [0.1, 0.15) is 5.65 Å². The summed E-state index contributed by atoms with van der Waals surface area (Å²) in [7, 11) is 1.67. The number of rotatable bonds is 4. The minimum atomic E-state index is -0.171. The third-order valence-electron chi connectivity index (χ3n) is 5.22. The first-order valence-electron chi connectivity index (χ1n) is 8.85. The standard InChI is InChI=1S/C19H19N5O3/c1-26-16-10-27-9-14(16)8-24-15-5-13(7-22-18(15)23-19(24)25)12-4-11-2-3-20-17(11)21-6-12/h2-7,14,16H,8-10H2,1H3,(H,20,21)(H,22,23,25). The van der Waals surface area contributed by atoms with Gasteiger partial charge in [-0.2, -0.15) is 0 Å². The van der Waals surface area contributed by atoms with Crippen LogP contribution >= 0.6 is 0 Å². The molecular weight excluding hydrogens is 346 g/mol. The zero-order chi connectivity index (χ0) is 18.4. The van der Waals surface area contributed by atoms with Crippen molar-refractivity contribution in [1.82, 2.24) is 24.5 Å². The van der Waals surface area contributed by atoms with Gasteiger partial charge in [0.05, 0.1) is 24.8 Å². The molecule has 8 nitrogen and oxygen atoms in total. The molecule has 27 heavy (non-hydrogen) atoms. The lowest BCUT2D eigenvalue weighted by Gasteiger charge is -2.16. The lowest BCUT2D eigenvalue weighted by atomic mass is 10.1. The molecule has 2 atom stereocenters. The first kappa shape index (κ1) is 16.2. The van der Waals surface area contributed by atoms with E-state index in [4.69, 9.17) is 9.47 Å². The predicted octanol–water partition coefficient (Wildman–Crippen LogP) is 1.93. The number of pyridine rings is 2. The Bertz CT molecular complexity index is 1170. The fourth-order valence-electron chi connectivity index (χ4n) is 3.71.